The van der Waals surface area contributed by atoms with Gasteiger partial charge in [-0.05, 0) is 11.6 Å². The van der Waals surface area contributed by atoms with Gasteiger partial charge < -0.3 is 4.74 Å². The van der Waals surface area contributed by atoms with Crippen LogP contribution in [0.4, 0.5) is 13.2 Å². The molecule has 22 heavy (non-hydrogen) atoms. The quantitative estimate of drug-likeness (QED) is 0.481. The summed E-state index contributed by atoms with van der Waals surface area (Å²) in [6, 6.07) is 4.99. The number of aromatic nitrogens is 3. The van der Waals surface area contributed by atoms with Crippen LogP contribution >= 0.6 is 0 Å². The zero-order valence-corrected chi connectivity index (χ0v) is 10.9. The van der Waals surface area contributed by atoms with Crippen LogP contribution in [0.2, 0.25) is 0 Å². The Bertz CT molecular complexity index is 672. The van der Waals surface area contributed by atoms with Crippen LogP contribution in [0.5, 0.6) is 0 Å². The normalized spacial score (nSPS) is 11.0. The van der Waals surface area contributed by atoms with Gasteiger partial charge in [0, 0.05) is 17.7 Å². The Labute approximate surface area is 122 Å². The summed E-state index contributed by atoms with van der Waals surface area (Å²) in [7, 11) is 0. The van der Waals surface area contributed by atoms with Gasteiger partial charge in [-0.1, -0.05) is 0 Å². The minimum atomic E-state index is -5.20. The van der Waals surface area contributed by atoms with E-state index in [9.17, 15) is 22.8 Å². The van der Waals surface area contributed by atoms with E-state index in [0.29, 0.717) is 0 Å². The number of nitrogens with zero attached hydrogens (tertiary/aromatic N) is 3. The Morgan fingerprint density at radius 2 is 1.77 bits per heavy atom. The van der Waals surface area contributed by atoms with Crippen LogP contribution < -0.4 is 4.57 Å². The van der Waals surface area contributed by atoms with Crippen LogP contribution in [0.15, 0.2) is 43.0 Å². The van der Waals surface area contributed by atoms with Crippen LogP contribution in [-0.4, -0.2) is 28.3 Å². The lowest BCUT2D eigenvalue weighted by atomic mass is 10.1. The minimum absolute atomic E-state index is 0.517. The van der Waals surface area contributed by atoms with E-state index < -0.39 is 24.7 Å². The SMILES string of the molecule is O=C(C[n+]1ccc(-c2ccnnc2)cc1)OC(=O)C(F)(F)F. The highest BCUT2D eigenvalue weighted by molar-refractivity contribution is 5.87. The largest absolute Gasteiger partial charge is 0.491 e. The third kappa shape index (κ3) is 4.08. The van der Waals surface area contributed by atoms with Crippen molar-refractivity contribution in [2.24, 2.45) is 0 Å². The number of ether oxygens (including phenoxy) is 1. The van der Waals surface area contributed by atoms with Crippen molar-refractivity contribution in [1.29, 1.82) is 0 Å². The van der Waals surface area contributed by atoms with Crippen LogP contribution in [0.25, 0.3) is 11.1 Å². The third-order valence-electron chi connectivity index (χ3n) is 2.56. The fourth-order valence-corrected chi connectivity index (χ4v) is 1.56. The second-order valence-corrected chi connectivity index (χ2v) is 4.15. The lowest BCUT2D eigenvalue weighted by Gasteiger charge is -2.04. The van der Waals surface area contributed by atoms with Crippen molar-refractivity contribution in [2.45, 2.75) is 12.7 Å². The lowest BCUT2D eigenvalue weighted by Crippen LogP contribution is -2.40. The maximum absolute atomic E-state index is 11.9. The highest BCUT2D eigenvalue weighted by Gasteiger charge is 2.42. The van der Waals surface area contributed by atoms with E-state index in [1.165, 1.54) is 29.4 Å². The molecule has 0 bridgehead atoms. The zero-order valence-electron chi connectivity index (χ0n) is 10.9. The molecule has 0 aliphatic carbocycles. The van der Waals surface area contributed by atoms with E-state index >= 15 is 0 Å². The van der Waals surface area contributed by atoms with Gasteiger partial charge in [-0.3, -0.25) is 0 Å². The van der Waals surface area contributed by atoms with Gasteiger partial charge in [0.1, 0.15) is 0 Å². The summed E-state index contributed by atoms with van der Waals surface area (Å²) in [6.07, 6.45) is 0.787. The van der Waals surface area contributed by atoms with Gasteiger partial charge in [0.25, 0.3) is 0 Å². The summed E-state index contributed by atoms with van der Waals surface area (Å²) in [5.74, 6) is -3.83. The Kier molecular flexibility index (Phi) is 4.44. The van der Waals surface area contributed by atoms with Crippen LogP contribution in [0, 0.1) is 0 Å². The Morgan fingerprint density at radius 1 is 1.09 bits per heavy atom. The fraction of sp³-hybridized carbons (Fsp3) is 0.154. The smallest absolute Gasteiger partial charge is 0.382 e. The molecular weight excluding hydrogens is 303 g/mol. The number of hydrogen-bond acceptors (Lipinski definition) is 5. The van der Waals surface area contributed by atoms with E-state index in [1.54, 1.807) is 18.2 Å². The molecule has 0 fully saturated rings. The molecule has 2 aromatic heterocycles. The molecule has 0 atom stereocenters. The molecule has 0 aromatic carbocycles. The molecule has 0 spiro atoms. The van der Waals surface area contributed by atoms with Crippen LogP contribution in [0.1, 0.15) is 0 Å². The zero-order chi connectivity index (χ0) is 16.2. The predicted octanol–water partition coefficient (Wildman–Crippen LogP) is 1.06. The number of alkyl halides is 3. The van der Waals surface area contributed by atoms with Crippen molar-refractivity contribution in [3.8, 4) is 11.1 Å². The standard InChI is InChI=1S/C13H9F3N3O3/c14-13(15,16)12(21)22-11(20)8-19-5-2-9(3-6-19)10-1-4-17-18-7-10/h1-7H,8H2/q+1. The van der Waals surface area contributed by atoms with E-state index in [2.05, 4.69) is 14.9 Å². The van der Waals surface area contributed by atoms with Crippen molar-refractivity contribution in [3.05, 3.63) is 43.0 Å². The van der Waals surface area contributed by atoms with Gasteiger partial charge in [0.15, 0.2) is 12.4 Å². The molecule has 2 heterocycles. The summed E-state index contributed by atoms with van der Waals surface area (Å²) < 4.78 is 40.8. The first-order valence-corrected chi connectivity index (χ1v) is 5.94. The van der Waals surface area contributed by atoms with Gasteiger partial charge in [-0.2, -0.15) is 27.9 Å². The molecule has 2 aromatic rings. The van der Waals surface area contributed by atoms with Crippen molar-refractivity contribution in [2.75, 3.05) is 0 Å². The molecule has 0 aliphatic heterocycles. The number of halogens is 3. The summed E-state index contributed by atoms with van der Waals surface area (Å²) in [4.78, 5) is 21.8. The highest BCUT2D eigenvalue weighted by Crippen LogP contribution is 2.17. The van der Waals surface area contributed by atoms with Gasteiger partial charge in [-0.25, -0.2) is 9.59 Å². The molecule has 0 saturated carbocycles. The first kappa shape index (κ1) is 15.5. The number of carbonyl (C=O) groups is 2. The predicted molar refractivity (Wildman–Crippen MR) is 64.8 cm³/mol. The van der Waals surface area contributed by atoms with Crippen LogP contribution in [0.3, 0.4) is 0 Å². The molecule has 2 rings (SSSR count). The maximum atomic E-state index is 11.9. The van der Waals surface area contributed by atoms with E-state index in [1.807, 2.05) is 0 Å². The molecule has 6 nitrogen and oxygen atoms in total. The molecule has 0 N–H and O–H groups in total. The van der Waals surface area contributed by atoms with Gasteiger partial charge >= 0.3 is 18.1 Å². The highest BCUT2D eigenvalue weighted by atomic mass is 19.4. The second-order valence-electron chi connectivity index (χ2n) is 4.15. The summed E-state index contributed by atoms with van der Waals surface area (Å²) in [5, 5.41) is 7.35. The van der Waals surface area contributed by atoms with Crippen LogP contribution in [-0.2, 0) is 20.9 Å². The Morgan fingerprint density at radius 3 is 2.32 bits per heavy atom. The van der Waals surface area contributed by atoms with Gasteiger partial charge in [-0.15, -0.1) is 0 Å². The number of carbonyl (C=O) groups excluding carboxylic acids is 2. The van der Waals surface area contributed by atoms with Gasteiger partial charge in [0.2, 0.25) is 6.54 Å². The number of rotatable bonds is 3. The fourth-order valence-electron chi connectivity index (χ4n) is 1.56. The first-order valence-electron chi connectivity index (χ1n) is 5.94. The molecule has 9 heteroatoms. The Hall–Kier alpha value is -2.84. The van der Waals surface area contributed by atoms with E-state index in [-0.39, 0.29) is 0 Å². The molecular formula is C13H9F3N3O3+. The second kappa shape index (κ2) is 6.29. The number of pyridine rings is 1. The molecule has 0 saturated heterocycles. The average molecular weight is 312 g/mol. The summed E-state index contributed by atoms with van der Waals surface area (Å²) >= 11 is 0. The number of hydrogen-bond donors (Lipinski definition) is 0. The lowest BCUT2D eigenvalue weighted by molar-refractivity contribution is -0.685. The first-order chi connectivity index (χ1) is 10.4. The molecule has 0 unspecified atom stereocenters. The van der Waals surface area contributed by atoms with Crippen molar-refractivity contribution in [1.82, 2.24) is 10.2 Å². The monoisotopic (exact) mass is 312 g/mol. The Balaban J connectivity index is 2.00. The van der Waals surface area contributed by atoms with Crippen molar-refractivity contribution in [3.63, 3.8) is 0 Å². The van der Waals surface area contributed by atoms with E-state index in [4.69, 9.17) is 0 Å². The molecule has 0 radical (unpaired) electrons. The topological polar surface area (TPSA) is 73.0 Å². The van der Waals surface area contributed by atoms with Crippen molar-refractivity contribution < 1.29 is 32.1 Å². The molecule has 0 amide bonds. The summed E-state index contributed by atoms with van der Waals surface area (Å²) in [6.45, 7) is -0.517. The van der Waals surface area contributed by atoms with Gasteiger partial charge in [0.05, 0.1) is 12.4 Å². The number of esters is 2. The minimum Gasteiger partial charge on any atom is -0.382 e. The molecule has 114 valence electrons. The molecule has 0 aliphatic rings. The van der Waals surface area contributed by atoms with E-state index in [0.717, 1.165) is 11.1 Å². The average Bonchev–Trinajstić information content (AvgIpc) is 2.48. The summed E-state index contributed by atoms with van der Waals surface area (Å²) in [5.41, 5.74) is 1.57. The van der Waals surface area contributed by atoms with Crippen molar-refractivity contribution >= 4 is 11.9 Å². The third-order valence-corrected chi connectivity index (χ3v) is 2.56. The maximum Gasteiger partial charge on any atom is 0.491 e.